The number of hydrogen-bond acceptors (Lipinski definition) is 8. The van der Waals surface area contributed by atoms with Crippen molar-refractivity contribution < 1.29 is 27.4 Å². The number of aromatic nitrogens is 2. The molecule has 4 aliphatic rings. The highest BCUT2D eigenvalue weighted by molar-refractivity contribution is 6.02. The number of benzene rings is 3. The summed E-state index contributed by atoms with van der Waals surface area (Å²) in [5.74, 6) is -4.45. The van der Waals surface area contributed by atoms with E-state index in [0.717, 1.165) is 76.6 Å². The number of ether oxygens (including phenoxy) is 1. The molecule has 242 valence electrons. The molecule has 2 unspecified atom stereocenters. The summed E-state index contributed by atoms with van der Waals surface area (Å²) in [6, 6.07) is 6.04. The molecule has 2 N–H and O–H groups in total. The molecule has 0 spiro atoms. The molecule has 4 aromatic rings. The van der Waals surface area contributed by atoms with Gasteiger partial charge in [-0.15, -0.1) is 0 Å². The minimum absolute atomic E-state index is 0.00938. The Balaban J connectivity index is 1.22. The van der Waals surface area contributed by atoms with Crippen LogP contribution < -0.4 is 15.0 Å². The van der Waals surface area contributed by atoms with Crippen molar-refractivity contribution in [2.45, 2.75) is 44.2 Å². The number of phenols is 1. The summed E-state index contributed by atoms with van der Waals surface area (Å²) in [5.41, 5.74) is -1.14. The fraction of sp³-hybridized carbons (Fsp3) is 0.471. The van der Waals surface area contributed by atoms with Crippen LogP contribution in [0.15, 0.2) is 30.3 Å². The van der Waals surface area contributed by atoms with Crippen molar-refractivity contribution in [2.24, 2.45) is 5.41 Å². The highest BCUT2D eigenvalue weighted by Gasteiger charge is 2.45. The van der Waals surface area contributed by atoms with Gasteiger partial charge < -0.3 is 20.1 Å². The third kappa shape index (κ3) is 5.29. The van der Waals surface area contributed by atoms with Gasteiger partial charge in [-0.25, -0.2) is 17.6 Å². The molecule has 2 bridgehead atoms. The first-order valence-electron chi connectivity index (χ1n) is 16.0. The number of aromatic hydroxyl groups is 1. The zero-order valence-electron chi connectivity index (χ0n) is 25.6. The van der Waals surface area contributed by atoms with E-state index in [0.29, 0.717) is 25.5 Å². The Hall–Kier alpha value is -3.74. The summed E-state index contributed by atoms with van der Waals surface area (Å²) in [7, 11) is 2.12. The van der Waals surface area contributed by atoms with E-state index >= 15 is 13.2 Å². The molecule has 12 heteroatoms. The number of nitrogens with zero attached hydrogens (tertiary/aromatic N) is 5. The van der Waals surface area contributed by atoms with Gasteiger partial charge in [-0.3, -0.25) is 9.80 Å². The van der Waals surface area contributed by atoms with Crippen LogP contribution in [0.3, 0.4) is 0 Å². The van der Waals surface area contributed by atoms with Crippen LogP contribution >= 0.6 is 0 Å². The third-order valence-electron chi connectivity index (χ3n) is 10.1. The van der Waals surface area contributed by atoms with E-state index in [1.165, 1.54) is 12.1 Å². The Morgan fingerprint density at radius 2 is 1.76 bits per heavy atom. The van der Waals surface area contributed by atoms with Gasteiger partial charge in [0.05, 0.1) is 18.8 Å². The van der Waals surface area contributed by atoms with Crippen LogP contribution in [-0.2, 0) is 0 Å². The van der Waals surface area contributed by atoms with E-state index in [-0.39, 0.29) is 56.5 Å². The lowest BCUT2D eigenvalue weighted by Crippen LogP contribution is -2.51. The molecule has 46 heavy (non-hydrogen) atoms. The molecule has 1 aromatic heterocycles. The topological polar surface area (TPSA) is 77.0 Å². The summed E-state index contributed by atoms with van der Waals surface area (Å²) in [6.45, 7) is 5.48. The first-order chi connectivity index (χ1) is 22.2. The zero-order chi connectivity index (χ0) is 31.7. The van der Waals surface area contributed by atoms with Crippen molar-refractivity contribution in [3.05, 3.63) is 53.6 Å². The molecule has 0 radical (unpaired) electrons. The van der Waals surface area contributed by atoms with Gasteiger partial charge in [-0.1, -0.05) is 6.07 Å². The highest BCUT2D eigenvalue weighted by Crippen LogP contribution is 2.47. The fourth-order valence-electron chi connectivity index (χ4n) is 7.65. The molecule has 1 aliphatic carbocycles. The van der Waals surface area contributed by atoms with E-state index in [9.17, 15) is 9.50 Å². The molecule has 3 aromatic carbocycles. The summed E-state index contributed by atoms with van der Waals surface area (Å²) in [4.78, 5) is 16.0. The van der Waals surface area contributed by atoms with E-state index in [1.807, 2.05) is 4.90 Å². The van der Waals surface area contributed by atoms with Gasteiger partial charge in [-0.2, -0.15) is 9.97 Å². The van der Waals surface area contributed by atoms with Gasteiger partial charge in [0, 0.05) is 66.6 Å². The minimum atomic E-state index is -1.26. The van der Waals surface area contributed by atoms with Crippen molar-refractivity contribution >= 4 is 27.5 Å². The molecule has 3 aliphatic heterocycles. The summed E-state index contributed by atoms with van der Waals surface area (Å²) < 4.78 is 68.5. The lowest BCUT2D eigenvalue weighted by Gasteiger charge is -2.35. The normalized spacial score (nSPS) is 23.0. The molecular formula is C34H36F4N6O2. The van der Waals surface area contributed by atoms with Gasteiger partial charge in [0.2, 0.25) is 0 Å². The largest absolute Gasteiger partial charge is 0.508 e. The Labute approximate surface area is 264 Å². The number of piperazine rings is 1. The summed E-state index contributed by atoms with van der Waals surface area (Å²) >= 11 is 0. The van der Waals surface area contributed by atoms with E-state index in [2.05, 4.69) is 27.1 Å². The SMILES string of the molecule is CN1CCCN(CC2(COc3nc(N4CC5CCC(C4)N5)c4cc(F)c(-c5cc(O)cc6ccc(F)c(F)c56)c(F)c4n3)CC2)C1. The number of fused-ring (bicyclic) bond motifs is 4. The lowest BCUT2D eigenvalue weighted by atomic mass is 9.95. The van der Waals surface area contributed by atoms with Crippen LogP contribution in [-0.4, -0.2) is 90.0 Å². The number of hydrogen-bond donors (Lipinski definition) is 2. The number of anilines is 1. The standard InChI is InChI=1S/C34H36F4N6O2/c1-42-9-2-10-43(18-42)16-34(7-8-34)17-46-33-40-31-24(32(41-33)44-14-20-4-5-21(15-44)39-20)13-26(36)28(30(31)38)23-12-22(45)11-19-3-6-25(35)29(37)27(19)23/h3,6,11-13,20-21,39,45H,2,4-5,7-10,14-18H2,1H3. The van der Waals surface area contributed by atoms with Gasteiger partial charge >= 0.3 is 6.01 Å². The molecule has 4 fully saturated rings. The molecule has 1 saturated carbocycles. The lowest BCUT2D eigenvalue weighted by molar-refractivity contribution is 0.0728. The van der Waals surface area contributed by atoms with Crippen molar-refractivity contribution in [2.75, 3.05) is 57.9 Å². The molecule has 8 nitrogen and oxygen atoms in total. The molecule has 0 amide bonds. The first kappa shape index (κ1) is 29.6. The summed E-state index contributed by atoms with van der Waals surface area (Å²) in [5, 5.41) is 13.9. The van der Waals surface area contributed by atoms with Crippen LogP contribution in [0.1, 0.15) is 32.1 Å². The molecule has 3 saturated heterocycles. The van der Waals surface area contributed by atoms with Gasteiger partial charge in [0.1, 0.15) is 22.9 Å². The second-order valence-electron chi connectivity index (χ2n) is 13.7. The maximum atomic E-state index is 16.7. The predicted octanol–water partition coefficient (Wildman–Crippen LogP) is 5.41. The number of rotatable bonds is 7. The van der Waals surface area contributed by atoms with E-state index in [4.69, 9.17) is 9.72 Å². The maximum Gasteiger partial charge on any atom is 0.319 e. The van der Waals surface area contributed by atoms with Crippen LogP contribution in [0, 0.1) is 28.7 Å². The average Bonchev–Trinajstić information content (AvgIpc) is 3.71. The number of halogens is 4. The zero-order valence-corrected chi connectivity index (χ0v) is 25.6. The highest BCUT2D eigenvalue weighted by atomic mass is 19.2. The van der Waals surface area contributed by atoms with Crippen molar-refractivity contribution in [1.82, 2.24) is 25.1 Å². The molecule has 4 heterocycles. The number of phenolic OH excluding ortho intramolecular Hbond substituents is 1. The van der Waals surface area contributed by atoms with E-state index in [1.54, 1.807) is 0 Å². The van der Waals surface area contributed by atoms with Crippen molar-refractivity contribution in [1.29, 1.82) is 0 Å². The first-order valence-corrected chi connectivity index (χ1v) is 16.0. The average molecular weight is 637 g/mol. The Morgan fingerprint density at radius 1 is 0.978 bits per heavy atom. The van der Waals surface area contributed by atoms with Gasteiger partial charge in [0.15, 0.2) is 17.5 Å². The van der Waals surface area contributed by atoms with Crippen molar-refractivity contribution in [3.63, 3.8) is 0 Å². The van der Waals surface area contributed by atoms with Crippen LogP contribution in [0.5, 0.6) is 11.8 Å². The predicted molar refractivity (Wildman–Crippen MR) is 167 cm³/mol. The number of nitrogens with one attached hydrogen (secondary N) is 1. The molecule has 2 atom stereocenters. The molecular weight excluding hydrogens is 600 g/mol. The summed E-state index contributed by atoms with van der Waals surface area (Å²) in [6.07, 6.45) is 5.12. The van der Waals surface area contributed by atoms with E-state index < -0.39 is 28.8 Å². The minimum Gasteiger partial charge on any atom is -0.508 e. The quantitative estimate of drug-likeness (QED) is 0.261. The Morgan fingerprint density at radius 3 is 2.50 bits per heavy atom. The second-order valence-corrected chi connectivity index (χ2v) is 13.7. The maximum absolute atomic E-state index is 16.7. The third-order valence-corrected chi connectivity index (χ3v) is 10.1. The Kier molecular flexibility index (Phi) is 7.22. The second kappa shape index (κ2) is 11.2. The smallest absolute Gasteiger partial charge is 0.319 e. The van der Waals surface area contributed by atoms with Crippen molar-refractivity contribution in [3.8, 4) is 22.9 Å². The molecule has 8 rings (SSSR count). The van der Waals surface area contributed by atoms with Crippen LogP contribution in [0.4, 0.5) is 23.4 Å². The van der Waals surface area contributed by atoms with Gasteiger partial charge in [-0.05, 0) is 68.8 Å². The van der Waals surface area contributed by atoms with Crippen LogP contribution in [0.2, 0.25) is 0 Å². The van der Waals surface area contributed by atoms with Gasteiger partial charge in [0.25, 0.3) is 0 Å². The van der Waals surface area contributed by atoms with Crippen LogP contribution in [0.25, 0.3) is 32.8 Å². The Bertz CT molecular complexity index is 1840. The monoisotopic (exact) mass is 636 g/mol. The fourth-order valence-corrected chi connectivity index (χ4v) is 7.65.